The molecule has 0 aliphatic heterocycles. The Balaban J connectivity index is 2.92. The van der Waals surface area contributed by atoms with Gasteiger partial charge in [-0.25, -0.2) is 4.79 Å². The van der Waals surface area contributed by atoms with E-state index in [2.05, 4.69) is 31.9 Å². The van der Waals surface area contributed by atoms with E-state index in [9.17, 15) is 4.79 Å². The average molecular weight is 306 g/mol. The molecule has 0 radical (unpaired) electrons. The van der Waals surface area contributed by atoms with Crippen molar-refractivity contribution in [3.05, 3.63) is 38.8 Å². The monoisotopic (exact) mass is 304 g/mol. The highest BCUT2D eigenvalue weighted by Gasteiger charge is 1.96. The normalized spacial score (nSPS) is 10.6. The summed E-state index contributed by atoms with van der Waals surface area (Å²) >= 11 is 6.65. The van der Waals surface area contributed by atoms with E-state index in [-0.39, 0.29) is 0 Å². The fourth-order valence-corrected chi connectivity index (χ4v) is 1.43. The van der Waals surface area contributed by atoms with Crippen molar-refractivity contribution < 1.29 is 9.90 Å². The van der Waals surface area contributed by atoms with Crippen molar-refractivity contribution in [1.82, 2.24) is 0 Å². The molecule has 68 valence electrons. The quantitative estimate of drug-likeness (QED) is 0.851. The van der Waals surface area contributed by atoms with Crippen molar-refractivity contribution in [2.24, 2.45) is 0 Å². The number of carbonyl (C=O) groups is 1. The van der Waals surface area contributed by atoms with Gasteiger partial charge in [0.1, 0.15) is 0 Å². The molecule has 4 heteroatoms. The molecule has 0 heterocycles. The molecule has 0 aromatic heterocycles. The van der Waals surface area contributed by atoms with Gasteiger partial charge in [-0.15, -0.1) is 0 Å². The molecule has 0 saturated heterocycles. The molecule has 13 heavy (non-hydrogen) atoms. The van der Waals surface area contributed by atoms with Crippen LogP contribution in [0.1, 0.15) is 5.56 Å². The lowest BCUT2D eigenvalue weighted by Crippen LogP contribution is -1.85. The summed E-state index contributed by atoms with van der Waals surface area (Å²) in [6, 6.07) is 5.52. The molecule has 0 bridgehead atoms. The topological polar surface area (TPSA) is 37.3 Å². The fourth-order valence-electron chi connectivity index (χ4n) is 0.784. The van der Waals surface area contributed by atoms with Gasteiger partial charge in [0.2, 0.25) is 0 Å². The lowest BCUT2D eigenvalue weighted by molar-refractivity contribution is -0.131. The van der Waals surface area contributed by atoms with Crippen molar-refractivity contribution in [2.45, 2.75) is 0 Å². The minimum atomic E-state index is -0.945. The summed E-state index contributed by atoms with van der Waals surface area (Å²) in [5, 5.41) is 8.39. The predicted octanol–water partition coefficient (Wildman–Crippen LogP) is 3.31. The zero-order valence-electron chi connectivity index (χ0n) is 6.50. The van der Waals surface area contributed by atoms with Crippen LogP contribution in [-0.2, 0) is 4.79 Å². The number of carboxylic acids is 1. The number of carboxylic acid groups (broad SMARTS) is 1. The highest BCUT2D eigenvalue weighted by molar-refractivity contribution is 9.13. The second-order valence-electron chi connectivity index (χ2n) is 2.35. The Bertz CT molecular complexity index is 359. The van der Waals surface area contributed by atoms with Crippen LogP contribution in [0.3, 0.4) is 0 Å². The SMILES string of the molecule is O=C(O)/C=C/c1ccc(Br)c(Br)c1. The molecule has 1 aromatic carbocycles. The van der Waals surface area contributed by atoms with Crippen molar-refractivity contribution in [1.29, 1.82) is 0 Å². The number of rotatable bonds is 2. The van der Waals surface area contributed by atoms with Crippen LogP contribution >= 0.6 is 31.9 Å². The average Bonchev–Trinajstić information content (AvgIpc) is 2.07. The first kappa shape index (κ1) is 10.5. The Morgan fingerprint density at radius 3 is 2.54 bits per heavy atom. The van der Waals surface area contributed by atoms with Gasteiger partial charge in [-0.2, -0.15) is 0 Å². The van der Waals surface area contributed by atoms with Crippen LogP contribution in [0.2, 0.25) is 0 Å². The van der Waals surface area contributed by atoms with E-state index in [0.717, 1.165) is 20.6 Å². The molecule has 0 aliphatic rings. The van der Waals surface area contributed by atoms with E-state index in [0.29, 0.717) is 0 Å². The van der Waals surface area contributed by atoms with Gasteiger partial charge < -0.3 is 5.11 Å². The van der Waals surface area contributed by atoms with Crippen molar-refractivity contribution in [3.63, 3.8) is 0 Å². The molecule has 0 unspecified atom stereocenters. The third-order valence-electron chi connectivity index (χ3n) is 1.36. The van der Waals surface area contributed by atoms with E-state index < -0.39 is 5.97 Å². The van der Waals surface area contributed by atoms with Crippen LogP contribution in [0.25, 0.3) is 6.08 Å². The Morgan fingerprint density at radius 1 is 1.31 bits per heavy atom. The molecule has 1 aromatic rings. The third-order valence-corrected chi connectivity index (χ3v) is 3.24. The fraction of sp³-hybridized carbons (Fsp3) is 0. The number of hydrogen-bond acceptors (Lipinski definition) is 1. The van der Waals surface area contributed by atoms with Gasteiger partial charge in [-0.3, -0.25) is 0 Å². The van der Waals surface area contributed by atoms with Gasteiger partial charge in [0.05, 0.1) is 0 Å². The van der Waals surface area contributed by atoms with Crippen molar-refractivity contribution in [3.8, 4) is 0 Å². The summed E-state index contributed by atoms with van der Waals surface area (Å²) in [6.45, 7) is 0. The molecule has 0 amide bonds. The summed E-state index contributed by atoms with van der Waals surface area (Å²) in [5.74, 6) is -0.945. The Kier molecular flexibility index (Phi) is 3.69. The van der Waals surface area contributed by atoms with Crippen LogP contribution in [0.4, 0.5) is 0 Å². The van der Waals surface area contributed by atoms with Gasteiger partial charge in [0, 0.05) is 15.0 Å². The largest absolute Gasteiger partial charge is 0.478 e. The highest BCUT2D eigenvalue weighted by Crippen LogP contribution is 2.24. The maximum Gasteiger partial charge on any atom is 0.328 e. The summed E-state index contributed by atoms with van der Waals surface area (Å²) in [7, 11) is 0. The molecule has 2 nitrogen and oxygen atoms in total. The first-order chi connectivity index (χ1) is 6.09. The molecule has 0 fully saturated rings. The van der Waals surface area contributed by atoms with Crippen molar-refractivity contribution >= 4 is 43.9 Å². The van der Waals surface area contributed by atoms with E-state index in [1.54, 1.807) is 6.08 Å². The van der Waals surface area contributed by atoms with Gasteiger partial charge in [0.15, 0.2) is 0 Å². The zero-order valence-corrected chi connectivity index (χ0v) is 9.67. The third kappa shape index (κ3) is 3.32. The lowest BCUT2D eigenvalue weighted by Gasteiger charge is -1.96. The van der Waals surface area contributed by atoms with Crippen LogP contribution < -0.4 is 0 Å². The van der Waals surface area contributed by atoms with Crippen LogP contribution in [-0.4, -0.2) is 11.1 Å². The Hall–Kier alpha value is -0.610. The second-order valence-corrected chi connectivity index (χ2v) is 4.05. The summed E-state index contributed by atoms with van der Waals surface area (Å²) < 4.78 is 1.85. The Labute approximate surface area is 92.5 Å². The summed E-state index contributed by atoms with van der Waals surface area (Å²) in [6.07, 6.45) is 2.65. The van der Waals surface area contributed by atoms with Gasteiger partial charge in [0.25, 0.3) is 0 Å². The van der Waals surface area contributed by atoms with Gasteiger partial charge in [-0.05, 0) is 55.6 Å². The lowest BCUT2D eigenvalue weighted by atomic mass is 10.2. The van der Waals surface area contributed by atoms with Gasteiger partial charge in [-0.1, -0.05) is 6.07 Å². The molecular formula is C9H6Br2O2. The standard InChI is InChI=1S/C9H6Br2O2/c10-7-3-1-6(5-8(7)11)2-4-9(12)13/h1-5H,(H,12,13)/b4-2+. The maximum absolute atomic E-state index is 10.2. The van der Waals surface area contributed by atoms with Crippen LogP contribution in [0, 0.1) is 0 Å². The Morgan fingerprint density at radius 2 is 2.00 bits per heavy atom. The molecular weight excluding hydrogens is 300 g/mol. The zero-order chi connectivity index (χ0) is 9.84. The first-order valence-corrected chi connectivity index (χ1v) is 5.04. The summed E-state index contributed by atoms with van der Waals surface area (Å²) in [4.78, 5) is 10.2. The minimum absolute atomic E-state index is 0.845. The molecule has 0 saturated carbocycles. The van der Waals surface area contributed by atoms with E-state index in [4.69, 9.17) is 5.11 Å². The molecule has 0 atom stereocenters. The maximum atomic E-state index is 10.2. The second kappa shape index (κ2) is 4.58. The van der Waals surface area contributed by atoms with E-state index in [1.807, 2.05) is 18.2 Å². The van der Waals surface area contributed by atoms with Crippen LogP contribution in [0.5, 0.6) is 0 Å². The molecule has 1 rings (SSSR count). The van der Waals surface area contributed by atoms with E-state index >= 15 is 0 Å². The van der Waals surface area contributed by atoms with Crippen molar-refractivity contribution in [2.75, 3.05) is 0 Å². The molecule has 1 N–H and O–H groups in total. The number of aliphatic carboxylic acids is 1. The minimum Gasteiger partial charge on any atom is -0.478 e. The van der Waals surface area contributed by atoms with Crippen LogP contribution in [0.15, 0.2) is 33.2 Å². The molecule has 0 spiro atoms. The highest BCUT2D eigenvalue weighted by atomic mass is 79.9. The summed E-state index contributed by atoms with van der Waals surface area (Å²) in [5.41, 5.74) is 0.845. The number of benzene rings is 1. The van der Waals surface area contributed by atoms with E-state index in [1.165, 1.54) is 0 Å². The van der Waals surface area contributed by atoms with Gasteiger partial charge >= 0.3 is 5.97 Å². The predicted molar refractivity (Wildman–Crippen MR) is 58.5 cm³/mol. The first-order valence-electron chi connectivity index (χ1n) is 3.45. The number of hydrogen-bond donors (Lipinski definition) is 1. The smallest absolute Gasteiger partial charge is 0.328 e. The molecule has 0 aliphatic carbocycles. The number of halogens is 2.